The fourth-order valence-electron chi connectivity index (χ4n) is 3.46. The minimum absolute atomic E-state index is 0.137. The summed E-state index contributed by atoms with van der Waals surface area (Å²) in [6.45, 7) is 4.11. The van der Waals surface area contributed by atoms with Crippen molar-refractivity contribution in [3.63, 3.8) is 0 Å². The van der Waals surface area contributed by atoms with Crippen molar-refractivity contribution >= 4 is 23.4 Å². The monoisotopic (exact) mass is 356 g/mol. The van der Waals surface area contributed by atoms with Gasteiger partial charge in [0, 0.05) is 37.8 Å². The zero-order chi connectivity index (χ0) is 18.5. The molecule has 26 heavy (non-hydrogen) atoms. The molecule has 2 aliphatic heterocycles. The zero-order valence-corrected chi connectivity index (χ0v) is 15.0. The Morgan fingerprint density at radius 3 is 2.54 bits per heavy atom. The summed E-state index contributed by atoms with van der Waals surface area (Å²) in [7, 11) is 0. The molecule has 0 unspecified atom stereocenters. The summed E-state index contributed by atoms with van der Waals surface area (Å²) in [5.74, 6) is 0.373. The molecule has 1 aromatic carbocycles. The van der Waals surface area contributed by atoms with Crippen molar-refractivity contribution in [1.29, 1.82) is 5.26 Å². The zero-order valence-electron chi connectivity index (χ0n) is 15.0. The average molecular weight is 356 g/mol. The molecule has 0 spiro atoms. The number of carbonyl (C=O) groups excluding carboxylic acids is 2. The summed E-state index contributed by atoms with van der Waals surface area (Å²) < 4.78 is 5.30. The van der Waals surface area contributed by atoms with Gasteiger partial charge in [0.1, 0.15) is 6.10 Å². The van der Waals surface area contributed by atoms with Crippen molar-refractivity contribution in [3.05, 3.63) is 24.3 Å². The van der Waals surface area contributed by atoms with Gasteiger partial charge in [0.05, 0.1) is 19.2 Å². The van der Waals surface area contributed by atoms with Gasteiger partial charge in [-0.3, -0.25) is 9.69 Å². The van der Waals surface area contributed by atoms with Crippen molar-refractivity contribution in [2.45, 2.75) is 32.3 Å². The lowest BCUT2D eigenvalue weighted by atomic mass is 9.94. The number of nitrogens with one attached hydrogen (secondary N) is 1. The second kappa shape index (κ2) is 8.09. The van der Waals surface area contributed by atoms with E-state index in [0.29, 0.717) is 25.4 Å². The number of rotatable bonds is 5. The summed E-state index contributed by atoms with van der Waals surface area (Å²) in [4.78, 5) is 27.0. The van der Waals surface area contributed by atoms with Crippen LogP contribution >= 0.6 is 0 Å². The number of cyclic esters (lactones) is 1. The lowest BCUT2D eigenvalue weighted by Crippen LogP contribution is -2.34. The molecule has 1 atom stereocenters. The summed E-state index contributed by atoms with van der Waals surface area (Å²) in [6.07, 6.45) is 2.01. The fourth-order valence-corrected chi connectivity index (χ4v) is 3.46. The van der Waals surface area contributed by atoms with Gasteiger partial charge < -0.3 is 15.0 Å². The molecule has 1 N–H and O–H groups in total. The van der Waals surface area contributed by atoms with Crippen LogP contribution in [0.3, 0.4) is 0 Å². The Morgan fingerprint density at radius 2 is 1.92 bits per heavy atom. The third-order valence-electron chi connectivity index (χ3n) is 4.97. The van der Waals surface area contributed by atoms with Crippen LogP contribution in [0.1, 0.15) is 26.2 Å². The van der Waals surface area contributed by atoms with E-state index in [2.05, 4.69) is 16.3 Å². The number of amides is 2. The Hall–Kier alpha value is -2.75. The maximum Gasteiger partial charge on any atom is 0.414 e. The number of nitriles is 1. The molecular formula is C19H24N4O3. The van der Waals surface area contributed by atoms with Crippen LogP contribution in [0.5, 0.6) is 0 Å². The van der Waals surface area contributed by atoms with E-state index in [1.165, 1.54) is 6.92 Å². The highest BCUT2D eigenvalue weighted by atomic mass is 16.6. The molecular weight excluding hydrogens is 332 g/mol. The van der Waals surface area contributed by atoms with Gasteiger partial charge in [0.25, 0.3) is 0 Å². The SMILES string of the molecule is CC(=O)NC[C@H]1CN(c2ccc(N3CCC(CC#N)CC3)cc2)C(=O)O1. The largest absolute Gasteiger partial charge is 0.442 e. The van der Waals surface area contributed by atoms with Gasteiger partial charge >= 0.3 is 6.09 Å². The topological polar surface area (TPSA) is 85.7 Å². The lowest BCUT2D eigenvalue weighted by molar-refractivity contribution is -0.119. The van der Waals surface area contributed by atoms with Crippen LogP contribution in [-0.2, 0) is 9.53 Å². The molecule has 0 radical (unpaired) electrons. The first-order chi connectivity index (χ1) is 12.6. The van der Waals surface area contributed by atoms with Crippen LogP contribution < -0.4 is 15.1 Å². The van der Waals surface area contributed by atoms with E-state index in [9.17, 15) is 9.59 Å². The summed E-state index contributed by atoms with van der Waals surface area (Å²) in [5, 5.41) is 11.5. The second-order valence-electron chi connectivity index (χ2n) is 6.86. The Morgan fingerprint density at radius 1 is 1.27 bits per heavy atom. The number of hydrogen-bond donors (Lipinski definition) is 1. The summed E-state index contributed by atoms with van der Waals surface area (Å²) >= 11 is 0. The van der Waals surface area contributed by atoms with Gasteiger partial charge in [-0.2, -0.15) is 5.26 Å². The molecule has 0 aromatic heterocycles. The average Bonchev–Trinajstić information content (AvgIpc) is 3.02. The Balaban J connectivity index is 1.57. The minimum Gasteiger partial charge on any atom is -0.442 e. The highest BCUT2D eigenvalue weighted by Gasteiger charge is 2.32. The van der Waals surface area contributed by atoms with Gasteiger partial charge in [0.15, 0.2) is 0 Å². The van der Waals surface area contributed by atoms with E-state index >= 15 is 0 Å². The minimum atomic E-state index is -0.384. The third-order valence-corrected chi connectivity index (χ3v) is 4.97. The van der Waals surface area contributed by atoms with Crippen LogP contribution in [-0.4, -0.2) is 44.3 Å². The van der Waals surface area contributed by atoms with Gasteiger partial charge in [-0.25, -0.2) is 4.79 Å². The van der Waals surface area contributed by atoms with E-state index in [0.717, 1.165) is 37.3 Å². The van der Waals surface area contributed by atoms with Crippen molar-refractivity contribution < 1.29 is 14.3 Å². The predicted octanol–water partition coefficient (Wildman–Crippen LogP) is 2.28. The van der Waals surface area contributed by atoms with Gasteiger partial charge in [-0.1, -0.05) is 0 Å². The number of benzene rings is 1. The molecule has 138 valence electrons. The number of carbonyl (C=O) groups is 2. The predicted molar refractivity (Wildman–Crippen MR) is 97.9 cm³/mol. The fraction of sp³-hybridized carbons (Fsp3) is 0.526. The highest BCUT2D eigenvalue weighted by molar-refractivity contribution is 5.90. The summed E-state index contributed by atoms with van der Waals surface area (Å²) in [6, 6.07) is 10.2. The maximum atomic E-state index is 12.1. The Labute approximate surface area is 153 Å². The van der Waals surface area contributed by atoms with E-state index in [1.807, 2.05) is 24.3 Å². The Bertz CT molecular complexity index is 690. The molecule has 2 fully saturated rings. The van der Waals surface area contributed by atoms with E-state index < -0.39 is 0 Å². The third kappa shape index (κ3) is 4.26. The van der Waals surface area contributed by atoms with Crippen molar-refractivity contribution in [2.75, 3.05) is 36.0 Å². The molecule has 7 heteroatoms. The number of hydrogen-bond acceptors (Lipinski definition) is 5. The van der Waals surface area contributed by atoms with E-state index in [1.54, 1.807) is 4.90 Å². The molecule has 0 bridgehead atoms. The lowest BCUT2D eigenvalue weighted by Gasteiger charge is -2.33. The molecule has 7 nitrogen and oxygen atoms in total. The molecule has 2 saturated heterocycles. The van der Waals surface area contributed by atoms with Crippen molar-refractivity contribution in [1.82, 2.24) is 5.32 Å². The van der Waals surface area contributed by atoms with Crippen LogP contribution in [0, 0.1) is 17.2 Å². The molecule has 2 heterocycles. The van der Waals surface area contributed by atoms with Gasteiger partial charge in [-0.05, 0) is 43.0 Å². The number of ether oxygens (including phenoxy) is 1. The first kappa shape index (κ1) is 18.1. The first-order valence-corrected chi connectivity index (χ1v) is 9.01. The standard InChI is InChI=1S/C19H24N4O3/c1-14(24)21-12-18-13-23(19(25)26-18)17-4-2-16(3-5-17)22-10-7-15(6-9-20)8-11-22/h2-5,15,18H,6-8,10-13H2,1H3,(H,21,24)/t18-/m0/s1. The Kier molecular flexibility index (Phi) is 5.61. The van der Waals surface area contributed by atoms with Gasteiger partial charge in [0.2, 0.25) is 5.91 Å². The maximum absolute atomic E-state index is 12.1. The van der Waals surface area contributed by atoms with E-state index in [4.69, 9.17) is 10.00 Å². The smallest absolute Gasteiger partial charge is 0.414 e. The van der Waals surface area contributed by atoms with Crippen LogP contribution in [0.15, 0.2) is 24.3 Å². The first-order valence-electron chi connectivity index (χ1n) is 9.01. The molecule has 2 amide bonds. The van der Waals surface area contributed by atoms with Crippen molar-refractivity contribution in [3.8, 4) is 6.07 Å². The number of anilines is 2. The second-order valence-corrected chi connectivity index (χ2v) is 6.86. The highest BCUT2D eigenvalue weighted by Crippen LogP contribution is 2.28. The molecule has 3 rings (SSSR count). The number of piperidine rings is 1. The molecule has 1 aromatic rings. The quantitative estimate of drug-likeness (QED) is 0.875. The van der Waals surface area contributed by atoms with Crippen LogP contribution in [0.25, 0.3) is 0 Å². The number of nitrogens with zero attached hydrogens (tertiary/aromatic N) is 3. The van der Waals surface area contributed by atoms with Gasteiger partial charge in [-0.15, -0.1) is 0 Å². The van der Waals surface area contributed by atoms with Crippen LogP contribution in [0.4, 0.5) is 16.2 Å². The van der Waals surface area contributed by atoms with E-state index in [-0.39, 0.29) is 18.1 Å². The molecule has 0 aliphatic carbocycles. The van der Waals surface area contributed by atoms with Crippen molar-refractivity contribution in [2.24, 2.45) is 5.92 Å². The normalized spacial score (nSPS) is 20.6. The molecule has 0 saturated carbocycles. The summed E-state index contributed by atoms with van der Waals surface area (Å²) in [5.41, 5.74) is 1.93. The van der Waals surface area contributed by atoms with Crippen LogP contribution in [0.2, 0.25) is 0 Å². The molecule has 2 aliphatic rings.